The number of ether oxygens (including phenoxy) is 1. The average molecular weight is 399 g/mol. The number of hydrogen-bond donors (Lipinski definition) is 3. The van der Waals surface area contributed by atoms with Crippen LogP contribution >= 0.6 is 0 Å². The van der Waals surface area contributed by atoms with Crippen molar-refractivity contribution in [1.82, 2.24) is 5.32 Å². The number of rotatable bonds is 11. The molecule has 0 aliphatic heterocycles. The van der Waals surface area contributed by atoms with Crippen molar-refractivity contribution in [3.8, 4) is 11.1 Å². The number of carbonyl (C=O) groups excluding carboxylic acids is 1. The summed E-state index contributed by atoms with van der Waals surface area (Å²) >= 11 is 0. The number of unbranched alkanes of at least 4 members (excludes halogenated alkanes) is 1. The van der Waals surface area contributed by atoms with Gasteiger partial charge in [0.05, 0.1) is 19.1 Å². The average Bonchev–Trinajstić information content (AvgIpc) is 2.73. The molecule has 156 valence electrons. The molecule has 0 radical (unpaired) electrons. The van der Waals surface area contributed by atoms with Gasteiger partial charge in [-0.25, -0.2) is 4.79 Å². The number of benzene rings is 2. The number of hydrogen-bond acceptors (Lipinski definition) is 4. The van der Waals surface area contributed by atoms with Crippen molar-refractivity contribution >= 4 is 12.1 Å². The zero-order valence-electron chi connectivity index (χ0n) is 16.7. The zero-order valence-corrected chi connectivity index (χ0v) is 16.7. The fourth-order valence-electron chi connectivity index (χ4n) is 3.06. The smallest absolute Gasteiger partial charge is 0.407 e. The second kappa shape index (κ2) is 11.9. The third-order valence-electron chi connectivity index (χ3n) is 4.73. The summed E-state index contributed by atoms with van der Waals surface area (Å²) in [6.07, 6.45) is 1.69. The number of carboxylic acids is 1. The van der Waals surface area contributed by atoms with Gasteiger partial charge in [0, 0.05) is 6.04 Å². The zero-order chi connectivity index (χ0) is 21.1. The van der Waals surface area contributed by atoms with E-state index in [1.165, 1.54) is 0 Å². The molecule has 2 rings (SSSR count). The highest BCUT2D eigenvalue weighted by Gasteiger charge is 2.24. The highest BCUT2D eigenvalue weighted by molar-refractivity contribution is 5.71. The Labute approximate surface area is 171 Å². The van der Waals surface area contributed by atoms with E-state index >= 15 is 0 Å². The molecule has 0 heterocycles. The first kappa shape index (κ1) is 22.4. The van der Waals surface area contributed by atoms with Crippen molar-refractivity contribution < 1.29 is 24.5 Å². The van der Waals surface area contributed by atoms with Gasteiger partial charge in [-0.2, -0.15) is 0 Å². The summed E-state index contributed by atoms with van der Waals surface area (Å²) in [5.74, 6) is -2.03. The van der Waals surface area contributed by atoms with Crippen LogP contribution in [0.15, 0.2) is 54.6 Å². The molecule has 0 unspecified atom stereocenters. The van der Waals surface area contributed by atoms with E-state index in [4.69, 9.17) is 4.74 Å². The minimum absolute atomic E-state index is 0.120. The molecule has 0 aromatic heterocycles. The number of alkyl carbamates (subject to hydrolysis) is 1. The Morgan fingerprint density at radius 1 is 1.03 bits per heavy atom. The SMILES string of the molecule is CCCCOC(=O)N[C@H](Cc1ccc(-c2ccccc2)cc1)C[C@@H](CO)C(=O)O. The highest BCUT2D eigenvalue weighted by Crippen LogP contribution is 2.20. The summed E-state index contributed by atoms with van der Waals surface area (Å²) in [5, 5.41) is 21.4. The molecule has 6 nitrogen and oxygen atoms in total. The molecule has 2 atom stereocenters. The Morgan fingerprint density at radius 3 is 2.28 bits per heavy atom. The van der Waals surface area contributed by atoms with E-state index in [1.807, 2.05) is 61.5 Å². The molecule has 0 saturated carbocycles. The van der Waals surface area contributed by atoms with Gasteiger partial charge in [0.15, 0.2) is 0 Å². The molecule has 2 aromatic carbocycles. The molecule has 0 saturated heterocycles. The summed E-state index contributed by atoms with van der Waals surface area (Å²) in [6, 6.07) is 17.5. The van der Waals surface area contributed by atoms with Crippen LogP contribution in [0.1, 0.15) is 31.7 Å². The second-order valence-electron chi connectivity index (χ2n) is 7.05. The Bertz CT molecular complexity index is 761. The lowest BCUT2D eigenvalue weighted by molar-refractivity contribution is -0.143. The lowest BCUT2D eigenvalue weighted by atomic mass is 9.94. The van der Waals surface area contributed by atoms with Crippen molar-refractivity contribution in [3.63, 3.8) is 0 Å². The molecule has 0 aliphatic rings. The quantitative estimate of drug-likeness (QED) is 0.499. The van der Waals surface area contributed by atoms with Gasteiger partial charge < -0.3 is 20.3 Å². The number of aliphatic hydroxyl groups excluding tert-OH is 1. The van der Waals surface area contributed by atoms with E-state index in [0.29, 0.717) is 13.0 Å². The van der Waals surface area contributed by atoms with Crippen LogP contribution in [0.2, 0.25) is 0 Å². The number of aliphatic hydroxyl groups is 1. The van der Waals surface area contributed by atoms with Crippen LogP contribution in [0.3, 0.4) is 0 Å². The van der Waals surface area contributed by atoms with Crippen molar-refractivity contribution in [2.75, 3.05) is 13.2 Å². The topological polar surface area (TPSA) is 95.9 Å². The van der Waals surface area contributed by atoms with Crippen LogP contribution in [0.5, 0.6) is 0 Å². The van der Waals surface area contributed by atoms with Gasteiger partial charge in [0.25, 0.3) is 0 Å². The molecule has 3 N–H and O–H groups in total. The van der Waals surface area contributed by atoms with Crippen molar-refractivity contribution in [2.24, 2.45) is 5.92 Å². The Kier molecular flexibility index (Phi) is 9.18. The van der Waals surface area contributed by atoms with E-state index < -0.39 is 30.6 Å². The summed E-state index contributed by atoms with van der Waals surface area (Å²) in [7, 11) is 0. The first-order valence-corrected chi connectivity index (χ1v) is 9.94. The van der Waals surface area contributed by atoms with Gasteiger partial charge in [0.2, 0.25) is 0 Å². The van der Waals surface area contributed by atoms with Crippen molar-refractivity contribution in [2.45, 2.75) is 38.6 Å². The standard InChI is InChI=1S/C23H29NO5/c1-2-3-13-29-23(28)24-21(15-20(16-25)22(26)27)14-17-9-11-19(12-10-17)18-7-5-4-6-8-18/h4-12,20-21,25H,2-3,13-16H2,1H3,(H,24,28)(H,26,27)/t20-,21+/m0/s1. The maximum atomic E-state index is 12.1. The summed E-state index contributed by atoms with van der Waals surface area (Å²) in [4.78, 5) is 23.4. The molecule has 6 heteroatoms. The van der Waals surface area contributed by atoms with Gasteiger partial charge in [0.1, 0.15) is 0 Å². The molecule has 0 fully saturated rings. The molecule has 0 aliphatic carbocycles. The molecule has 1 amide bonds. The Hall–Kier alpha value is -2.86. The fraction of sp³-hybridized carbons (Fsp3) is 0.391. The van der Waals surface area contributed by atoms with Crippen LogP contribution in [0, 0.1) is 5.92 Å². The monoisotopic (exact) mass is 399 g/mol. The van der Waals surface area contributed by atoms with E-state index in [1.54, 1.807) is 0 Å². The lowest BCUT2D eigenvalue weighted by Gasteiger charge is -2.21. The number of amides is 1. The Morgan fingerprint density at radius 2 is 1.69 bits per heavy atom. The molecule has 29 heavy (non-hydrogen) atoms. The van der Waals surface area contributed by atoms with Gasteiger partial charge in [-0.15, -0.1) is 0 Å². The summed E-state index contributed by atoms with van der Waals surface area (Å²) < 4.78 is 5.14. The predicted octanol–water partition coefficient (Wildman–Crippen LogP) is 3.87. The maximum Gasteiger partial charge on any atom is 0.407 e. The van der Waals surface area contributed by atoms with E-state index in [2.05, 4.69) is 5.32 Å². The van der Waals surface area contributed by atoms with Crippen LogP contribution in [-0.4, -0.2) is 41.5 Å². The Balaban J connectivity index is 2.06. The summed E-state index contributed by atoms with van der Waals surface area (Å²) in [5.41, 5.74) is 3.15. The van der Waals surface area contributed by atoms with Gasteiger partial charge in [-0.1, -0.05) is 67.9 Å². The van der Waals surface area contributed by atoms with E-state index in [9.17, 15) is 19.8 Å². The molecular weight excluding hydrogens is 370 g/mol. The number of carboxylic acid groups (broad SMARTS) is 1. The van der Waals surface area contributed by atoms with Crippen molar-refractivity contribution in [3.05, 3.63) is 60.2 Å². The lowest BCUT2D eigenvalue weighted by Crippen LogP contribution is -2.40. The molecule has 2 aromatic rings. The maximum absolute atomic E-state index is 12.1. The number of aliphatic carboxylic acids is 1. The molecule has 0 spiro atoms. The third-order valence-corrected chi connectivity index (χ3v) is 4.73. The minimum Gasteiger partial charge on any atom is -0.481 e. The molecular formula is C23H29NO5. The normalized spacial score (nSPS) is 12.8. The first-order chi connectivity index (χ1) is 14.0. The van der Waals surface area contributed by atoms with Crippen LogP contribution < -0.4 is 5.32 Å². The van der Waals surface area contributed by atoms with Crippen molar-refractivity contribution in [1.29, 1.82) is 0 Å². The highest BCUT2D eigenvalue weighted by atomic mass is 16.5. The van der Waals surface area contributed by atoms with Crippen LogP contribution in [0.4, 0.5) is 4.79 Å². The number of carbonyl (C=O) groups is 2. The fourth-order valence-corrected chi connectivity index (χ4v) is 3.06. The van der Waals surface area contributed by atoms with Gasteiger partial charge in [-0.05, 0) is 36.0 Å². The van der Waals surface area contributed by atoms with Crippen LogP contribution in [-0.2, 0) is 16.0 Å². The van der Waals surface area contributed by atoms with Crippen LogP contribution in [0.25, 0.3) is 11.1 Å². The van der Waals surface area contributed by atoms with Gasteiger partial charge >= 0.3 is 12.1 Å². The first-order valence-electron chi connectivity index (χ1n) is 9.94. The largest absolute Gasteiger partial charge is 0.481 e. The minimum atomic E-state index is -1.09. The van der Waals surface area contributed by atoms with E-state index in [0.717, 1.165) is 29.5 Å². The second-order valence-corrected chi connectivity index (χ2v) is 7.05. The third kappa shape index (κ3) is 7.58. The summed E-state index contributed by atoms with van der Waals surface area (Å²) in [6.45, 7) is 1.84. The number of nitrogens with one attached hydrogen (secondary N) is 1. The van der Waals surface area contributed by atoms with E-state index in [-0.39, 0.29) is 6.42 Å². The predicted molar refractivity (Wildman–Crippen MR) is 112 cm³/mol. The molecule has 0 bridgehead atoms. The van der Waals surface area contributed by atoms with Gasteiger partial charge in [-0.3, -0.25) is 4.79 Å².